The molecule has 0 spiro atoms. The van der Waals surface area contributed by atoms with Crippen LogP contribution in [0.3, 0.4) is 0 Å². The zero-order valence-electron chi connectivity index (χ0n) is 17.4. The summed E-state index contributed by atoms with van der Waals surface area (Å²) in [5.41, 5.74) is 3.46. The smallest absolute Gasteiger partial charge is 0.262 e. The fourth-order valence-corrected chi connectivity index (χ4v) is 5.67. The molecule has 10 heteroatoms. The third-order valence-electron chi connectivity index (χ3n) is 5.60. The predicted octanol–water partition coefficient (Wildman–Crippen LogP) is 3.16. The molecule has 3 N–H and O–H groups in total. The number of ether oxygens (including phenoxy) is 1. The Labute approximate surface area is 186 Å². The van der Waals surface area contributed by atoms with Crippen molar-refractivity contribution in [1.29, 1.82) is 0 Å². The van der Waals surface area contributed by atoms with Crippen LogP contribution >= 0.6 is 0 Å². The van der Waals surface area contributed by atoms with Gasteiger partial charge in [0.2, 0.25) is 10.0 Å². The lowest BCUT2D eigenvalue weighted by atomic mass is 9.92. The van der Waals surface area contributed by atoms with E-state index in [9.17, 15) is 13.2 Å². The lowest BCUT2D eigenvalue weighted by molar-refractivity contribution is -0.135. The minimum absolute atomic E-state index is 0.0595. The molecular formula is C22H24N4O5S. The van der Waals surface area contributed by atoms with Gasteiger partial charge in [0, 0.05) is 12.7 Å². The van der Waals surface area contributed by atoms with Gasteiger partial charge in [-0.3, -0.25) is 15.1 Å². The van der Waals surface area contributed by atoms with Gasteiger partial charge in [-0.2, -0.15) is 9.40 Å². The highest BCUT2D eigenvalue weighted by Crippen LogP contribution is 2.31. The number of aromatic nitrogens is 2. The fourth-order valence-electron chi connectivity index (χ4n) is 3.95. The van der Waals surface area contributed by atoms with Crippen LogP contribution in [0.5, 0.6) is 11.5 Å². The number of hydrogen-bond acceptors (Lipinski definition) is 6. The molecular weight excluding hydrogens is 432 g/mol. The number of carbonyl (C=O) groups is 1. The Bertz CT molecular complexity index is 1160. The molecule has 1 amide bonds. The lowest BCUT2D eigenvalue weighted by Crippen LogP contribution is -2.54. The lowest BCUT2D eigenvalue weighted by Gasteiger charge is -2.37. The number of rotatable bonds is 6. The highest BCUT2D eigenvalue weighted by atomic mass is 32.2. The Kier molecular flexibility index (Phi) is 6.26. The summed E-state index contributed by atoms with van der Waals surface area (Å²) in [6.45, 7) is 2.02. The quantitative estimate of drug-likeness (QED) is 0.387. The van der Waals surface area contributed by atoms with Gasteiger partial charge in [-0.05, 0) is 78.9 Å². The summed E-state index contributed by atoms with van der Waals surface area (Å²) in [5.74, 6) is 0.153. The predicted molar refractivity (Wildman–Crippen MR) is 117 cm³/mol. The number of hydrogen-bond donors (Lipinski definition) is 3. The van der Waals surface area contributed by atoms with Crippen molar-refractivity contribution in [3.63, 3.8) is 0 Å². The van der Waals surface area contributed by atoms with Crippen LogP contribution in [0.4, 0.5) is 0 Å². The largest absolute Gasteiger partial charge is 0.457 e. The molecule has 1 saturated heterocycles. The van der Waals surface area contributed by atoms with E-state index in [4.69, 9.17) is 9.94 Å². The van der Waals surface area contributed by atoms with Crippen LogP contribution < -0.4 is 10.2 Å². The van der Waals surface area contributed by atoms with Crippen molar-refractivity contribution in [2.75, 3.05) is 6.54 Å². The second-order valence-corrected chi connectivity index (χ2v) is 9.61. The summed E-state index contributed by atoms with van der Waals surface area (Å²) in [6.07, 6.45) is 3.03. The van der Waals surface area contributed by atoms with E-state index in [1.54, 1.807) is 30.7 Å². The monoisotopic (exact) mass is 456 g/mol. The van der Waals surface area contributed by atoms with Crippen LogP contribution in [-0.4, -0.2) is 46.6 Å². The first kappa shape index (κ1) is 22.0. The molecule has 32 heavy (non-hydrogen) atoms. The Morgan fingerprint density at radius 2 is 1.78 bits per heavy atom. The Morgan fingerprint density at radius 1 is 1.12 bits per heavy atom. The van der Waals surface area contributed by atoms with E-state index in [1.807, 2.05) is 30.3 Å². The maximum atomic E-state index is 13.2. The maximum absolute atomic E-state index is 13.2. The van der Waals surface area contributed by atoms with Gasteiger partial charge in [-0.1, -0.05) is 6.92 Å². The summed E-state index contributed by atoms with van der Waals surface area (Å²) in [5, 5.41) is 15.9. The van der Waals surface area contributed by atoms with Crippen molar-refractivity contribution in [3.8, 4) is 22.8 Å². The average molecular weight is 457 g/mol. The van der Waals surface area contributed by atoms with Crippen molar-refractivity contribution < 1.29 is 23.2 Å². The van der Waals surface area contributed by atoms with Gasteiger partial charge in [-0.25, -0.2) is 13.9 Å². The molecule has 1 aliphatic heterocycles. The molecule has 0 aliphatic carbocycles. The third-order valence-corrected chi connectivity index (χ3v) is 7.49. The zero-order chi connectivity index (χ0) is 22.7. The number of nitrogens with zero attached hydrogens (tertiary/aromatic N) is 2. The number of H-pyrrole nitrogens is 1. The van der Waals surface area contributed by atoms with E-state index in [0.29, 0.717) is 24.3 Å². The normalized spacial score (nSPS) is 19.4. The van der Waals surface area contributed by atoms with Crippen molar-refractivity contribution in [3.05, 3.63) is 60.8 Å². The van der Waals surface area contributed by atoms with Crippen LogP contribution in [0.15, 0.2) is 65.7 Å². The summed E-state index contributed by atoms with van der Waals surface area (Å²) in [6, 6.07) is 14.4. The number of sulfonamides is 1. The summed E-state index contributed by atoms with van der Waals surface area (Å²) in [4.78, 5) is 12.2. The van der Waals surface area contributed by atoms with Gasteiger partial charge >= 0.3 is 0 Å². The van der Waals surface area contributed by atoms with Gasteiger partial charge in [0.25, 0.3) is 5.91 Å². The molecule has 168 valence electrons. The van der Waals surface area contributed by atoms with Crippen LogP contribution in [0, 0.1) is 5.92 Å². The molecule has 2 heterocycles. The molecule has 3 aromatic rings. The summed E-state index contributed by atoms with van der Waals surface area (Å²) in [7, 11) is -3.92. The first-order chi connectivity index (χ1) is 15.4. The van der Waals surface area contributed by atoms with Gasteiger partial charge in [0.05, 0.1) is 10.6 Å². The molecule has 9 nitrogen and oxygen atoms in total. The molecule has 1 unspecified atom stereocenters. The van der Waals surface area contributed by atoms with E-state index in [-0.39, 0.29) is 17.4 Å². The van der Waals surface area contributed by atoms with Crippen LogP contribution in [0.25, 0.3) is 11.3 Å². The molecule has 4 rings (SSSR count). The number of carbonyl (C=O) groups excluding carboxylic acids is 1. The highest BCUT2D eigenvalue weighted by molar-refractivity contribution is 7.89. The molecule has 1 aromatic heterocycles. The van der Waals surface area contributed by atoms with Crippen LogP contribution in [-0.2, 0) is 14.8 Å². The minimum Gasteiger partial charge on any atom is -0.457 e. The first-order valence-electron chi connectivity index (χ1n) is 10.2. The standard InChI is InChI=1S/C22H24N4O5S/c1-15-3-2-14-26(21(15)22(27)25-28)32(29,30)19-10-8-18(9-11-19)31-17-6-4-16(5-7-17)20-12-13-23-24-20/h4-13,15,21,28H,2-3,14H2,1H3,(H,23,24)(H,25,27)/t15?,21-/m0/s1. The van der Waals surface area contributed by atoms with Crippen LogP contribution in [0.1, 0.15) is 19.8 Å². The van der Waals surface area contributed by atoms with E-state index < -0.39 is 22.0 Å². The zero-order valence-corrected chi connectivity index (χ0v) is 18.2. The topological polar surface area (TPSA) is 125 Å². The summed E-state index contributed by atoms with van der Waals surface area (Å²) < 4.78 is 33.4. The van der Waals surface area contributed by atoms with Crippen molar-refractivity contribution in [2.24, 2.45) is 5.92 Å². The Balaban J connectivity index is 1.50. The van der Waals surface area contributed by atoms with E-state index in [1.165, 1.54) is 12.1 Å². The van der Waals surface area contributed by atoms with Gasteiger partial charge in [-0.15, -0.1) is 0 Å². The minimum atomic E-state index is -3.92. The number of nitrogens with one attached hydrogen (secondary N) is 2. The van der Waals surface area contributed by atoms with E-state index in [2.05, 4.69) is 10.2 Å². The van der Waals surface area contributed by atoms with Gasteiger partial charge in [0.15, 0.2) is 0 Å². The fraction of sp³-hybridized carbons (Fsp3) is 0.273. The van der Waals surface area contributed by atoms with Crippen molar-refractivity contribution in [1.82, 2.24) is 20.0 Å². The second-order valence-electron chi connectivity index (χ2n) is 7.72. The number of aromatic amines is 1. The number of hydroxylamine groups is 1. The van der Waals surface area contributed by atoms with Crippen molar-refractivity contribution >= 4 is 15.9 Å². The molecule has 0 saturated carbocycles. The third kappa shape index (κ3) is 4.38. The Morgan fingerprint density at radius 3 is 2.38 bits per heavy atom. The molecule has 1 fully saturated rings. The SMILES string of the molecule is CC1CCCN(S(=O)(=O)c2ccc(Oc3ccc(-c4ccn[nH]4)cc3)cc2)[C@@H]1C(=O)NO. The van der Waals surface area contributed by atoms with Crippen molar-refractivity contribution in [2.45, 2.75) is 30.7 Å². The number of amides is 1. The molecule has 0 bridgehead atoms. The number of piperidine rings is 1. The highest BCUT2D eigenvalue weighted by Gasteiger charge is 2.41. The van der Waals surface area contributed by atoms with Gasteiger partial charge < -0.3 is 4.74 Å². The molecule has 0 radical (unpaired) electrons. The maximum Gasteiger partial charge on any atom is 0.262 e. The Hall–Kier alpha value is -3.21. The number of benzene rings is 2. The average Bonchev–Trinajstić information content (AvgIpc) is 3.34. The van der Waals surface area contributed by atoms with Crippen LogP contribution in [0.2, 0.25) is 0 Å². The molecule has 1 aliphatic rings. The first-order valence-corrected chi connectivity index (χ1v) is 11.7. The molecule has 2 aromatic carbocycles. The van der Waals surface area contributed by atoms with E-state index in [0.717, 1.165) is 15.6 Å². The van der Waals surface area contributed by atoms with Gasteiger partial charge in [0.1, 0.15) is 17.5 Å². The van der Waals surface area contributed by atoms with E-state index >= 15 is 0 Å². The second kappa shape index (κ2) is 9.11. The molecule has 2 atom stereocenters. The summed E-state index contributed by atoms with van der Waals surface area (Å²) >= 11 is 0.